The molecule has 25 heavy (non-hydrogen) atoms. The van der Waals surface area contributed by atoms with Crippen LogP contribution in [0.15, 0.2) is 84.9 Å². The van der Waals surface area contributed by atoms with Crippen molar-refractivity contribution >= 4 is 17.5 Å². The molecule has 2 N–H and O–H groups in total. The van der Waals surface area contributed by atoms with Crippen molar-refractivity contribution in [1.82, 2.24) is 0 Å². The fourth-order valence-corrected chi connectivity index (χ4v) is 2.40. The summed E-state index contributed by atoms with van der Waals surface area (Å²) in [7, 11) is 0. The molecule has 0 aliphatic heterocycles. The summed E-state index contributed by atoms with van der Waals surface area (Å²) in [6.45, 7) is 0.530. The largest absolute Gasteiger partial charge is 0.489 e. The number of ether oxygens (including phenoxy) is 1. The fraction of sp³-hybridized carbons (Fsp3) is 0.0455. The van der Waals surface area contributed by atoms with Crippen LogP contribution in [0.3, 0.4) is 0 Å². The lowest BCUT2D eigenvalue weighted by Gasteiger charge is -2.06. The molecule has 0 radical (unpaired) electrons. The molecule has 3 rings (SSSR count). The molecule has 0 saturated heterocycles. The first-order chi connectivity index (χ1) is 12.2. The minimum atomic E-state index is -0.109. The summed E-state index contributed by atoms with van der Waals surface area (Å²) in [4.78, 5) is 12.2. The number of para-hydroxylation sites is 1. The third-order valence-electron chi connectivity index (χ3n) is 3.78. The van der Waals surface area contributed by atoms with E-state index in [1.807, 2.05) is 60.7 Å². The standard InChI is InChI=1S/C22H19NO2/c23-21-9-5-4-8-20(21)22(24)15-12-17-10-13-19(14-11-17)25-16-18-6-2-1-3-7-18/h1-15H,16,23H2/b15-12+. The van der Waals surface area contributed by atoms with Crippen molar-refractivity contribution in [3.05, 3.63) is 102 Å². The molecule has 3 aromatic rings. The Morgan fingerprint density at radius 1 is 0.880 bits per heavy atom. The number of ketones is 1. The van der Waals surface area contributed by atoms with E-state index in [2.05, 4.69) is 0 Å². The lowest BCUT2D eigenvalue weighted by atomic mass is 10.1. The Bertz CT molecular complexity index is 868. The number of allylic oxidation sites excluding steroid dienone is 1. The van der Waals surface area contributed by atoms with Gasteiger partial charge in [0.1, 0.15) is 12.4 Å². The highest BCUT2D eigenvalue weighted by Gasteiger charge is 2.04. The lowest BCUT2D eigenvalue weighted by molar-refractivity contribution is 0.104. The number of carbonyl (C=O) groups excluding carboxylic acids is 1. The Balaban J connectivity index is 1.60. The Morgan fingerprint density at radius 3 is 2.28 bits per heavy atom. The van der Waals surface area contributed by atoms with Crippen LogP contribution in [0.5, 0.6) is 5.75 Å². The van der Waals surface area contributed by atoms with E-state index in [0.29, 0.717) is 17.9 Å². The quantitative estimate of drug-likeness (QED) is 0.403. The van der Waals surface area contributed by atoms with Gasteiger partial charge in [-0.2, -0.15) is 0 Å². The molecule has 0 heterocycles. The number of benzene rings is 3. The first kappa shape index (κ1) is 16.5. The summed E-state index contributed by atoms with van der Waals surface area (Å²) in [5, 5.41) is 0. The Labute approximate surface area is 147 Å². The zero-order chi connectivity index (χ0) is 17.5. The average molecular weight is 329 g/mol. The number of carbonyl (C=O) groups is 1. The maximum Gasteiger partial charge on any atom is 0.187 e. The molecule has 0 aromatic heterocycles. The Kier molecular flexibility index (Phi) is 5.27. The highest BCUT2D eigenvalue weighted by molar-refractivity contribution is 6.10. The molecule has 0 saturated carbocycles. The predicted octanol–water partition coefficient (Wildman–Crippen LogP) is 4.74. The second kappa shape index (κ2) is 7.97. The molecular formula is C22H19NO2. The van der Waals surface area contributed by atoms with Crippen LogP contribution in [0.1, 0.15) is 21.5 Å². The van der Waals surface area contributed by atoms with Crippen molar-refractivity contribution in [2.75, 3.05) is 5.73 Å². The molecule has 0 aliphatic rings. The van der Waals surface area contributed by atoms with Gasteiger partial charge >= 0.3 is 0 Å². The molecule has 0 aliphatic carbocycles. The van der Waals surface area contributed by atoms with Gasteiger partial charge < -0.3 is 10.5 Å². The van der Waals surface area contributed by atoms with Gasteiger partial charge in [-0.05, 0) is 41.5 Å². The first-order valence-corrected chi connectivity index (χ1v) is 8.06. The molecule has 124 valence electrons. The van der Waals surface area contributed by atoms with Gasteiger partial charge in [-0.1, -0.05) is 60.7 Å². The topological polar surface area (TPSA) is 52.3 Å². The van der Waals surface area contributed by atoms with E-state index in [0.717, 1.165) is 16.9 Å². The molecular weight excluding hydrogens is 310 g/mol. The monoisotopic (exact) mass is 329 g/mol. The first-order valence-electron chi connectivity index (χ1n) is 8.06. The summed E-state index contributed by atoms with van der Waals surface area (Å²) >= 11 is 0. The van der Waals surface area contributed by atoms with E-state index in [4.69, 9.17) is 10.5 Å². The number of anilines is 1. The maximum absolute atomic E-state index is 12.2. The Morgan fingerprint density at radius 2 is 1.56 bits per heavy atom. The Hall–Kier alpha value is -3.33. The van der Waals surface area contributed by atoms with Gasteiger partial charge in [-0.15, -0.1) is 0 Å². The van der Waals surface area contributed by atoms with Crippen molar-refractivity contribution < 1.29 is 9.53 Å². The van der Waals surface area contributed by atoms with Gasteiger partial charge in [-0.3, -0.25) is 4.79 Å². The molecule has 0 amide bonds. The zero-order valence-corrected chi connectivity index (χ0v) is 13.8. The lowest BCUT2D eigenvalue weighted by Crippen LogP contribution is -1.99. The molecule has 0 fully saturated rings. The van der Waals surface area contributed by atoms with Crippen molar-refractivity contribution in [3.8, 4) is 5.75 Å². The smallest absolute Gasteiger partial charge is 0.187 e. The van der Waals surface area contributed by atoms with Crippen LogP contribution >= 0.6 is 0 Å². The number of rotatable bonds is 6. The normalized spacial score (nSPS) is 10.7. The molecule has 0 unspecified atom stereocenters. The summed E-state index contributed by atoms with van der Waals surface area (Å²) in [5.41, 5.74) is 8.87. The number of hydrogen-bond acceptors (Lipinski definition) is 3. The van der Waals surface area contributed by atoms with E-state index < -0.39 is 0 Å². The van der Waals surface area contributed by atoms with E-state index in [-0.39, 0.29) is 5.78 Å². The average Bonchev–Trinajstić information content (AvgIpc) is 2.66. The SMILES string of the molecule is Nc1ccccc1C(=O)/C=C/c1ccc(OCc2ccccc2)cc1. The second-order valence-corrected chi connectivity index (χ2v) is 5.63. The van der Waals surface area contributed by atoms with E-state index in [1.165, 1.54) is 6.08 Å². The number of nitrogen functional groups attached to an aromatic ring is 1. The minimum absolute atomic E-state index is 0.109. The maximum atomic E-state index is 12.2. The van der Waals surface area contributed by atoms with Crippen molar-refractivity contribution in [3.63, 3.8) is 0 Å². The molecule has 0 bridgehead atoms. The van der Waals surface area contributed by atoms with Crippen molar-refractivity contribution in [2.24, 2.45) is 0 Å². The van der Waals surface area contributed by atoms with Crippen LogP contribution < -0.4 is 10.5 Å². The van der Waals surface area contributed by atoms with E-state index in [9.17, 15) is 4.79 Å². The summed E-state index contributed by atoms with van der Waals surface area (Å²) in [6.07, 6.45) is 3.31. The van der Waals surface area contributed by atoms with E-state index in [1.54, 1.807) is 24.3 Å². The zero-order valence-electron chi connectivity index (χ0n) is 13.8. The fourth-order valence-electron chi connectivity index (χ4n) is 2.40. The van der Waals surface area contributed by atoms with Gasteiger partial charge in [0.15, 0.2) is 5.78 Å². The summed E-state index contributed by atoms with van der Waals surface area (Å²) in [6, 6.07) is 24.7. The highest BCUT2D eigenvalue weighted by Crippen LogP contribution is 2.16. The molecule has 0 spiro atoms. The van der Waals surface area contributed by atoms with Crippen LogP contribution in [0.25, 0.3) is 6.08 Å². The van der Waals surface area contributed by atoms with Gasteiger partial charge in [-0.25, -0.2) is 0 Å². The second-order valence-electron chi connectivity index (χ2n) is 5.63. The van der Waals surface area contributed by atoms with Crippen LogP contribution in [0, 0.1) is 0 Å². The van der Waals surface area contributed by atoms with Crippen molar-refractivity contribution in [1.29, 1.82) is 0 Å². The summed E-state index contributed by atoms with van der Waals surface area (Å²) < 4.78 is 5.75. The number of nitrogens with two attached hydrogens (primary N) is 1. The third-order valence-corrected chi connectivity index (χ3v) is 3.78. The summed E-state index contributed by atoms with van der Waals surface area (Å²) in [5.74, 6) is 0.683. The van der Waals surface area contributed by atoms with Crippen LogP contribution in [-0.4, -0.2) is 5.78 Å². The van der Waals surface area contributed by atoms with Gasteiger partial charge in [0.2, 0.25) is 0 Å². The van der Waals surface area contributed by atoms with Gasteiger partial charge in [0, 0.05) is 11.3 Å². The van der Waals surface area contributed by atoms with Crippen molar-refractivity contribution in [2.45, 2.75) is 6.61 Å². The predicted molar refractivity (Wildman–Crippen MR) is 101 cm³/mol. The van der Waals surface area contributed by atoms with E-state index >= 15 is 0 Å². The molecule has 3 nitrogen and oxygen atoms in total. The van der Waals surface area contributed by atoms with Crippen LogP contribution in [0.4, 0.5) is 5.69 Å². The molecule has 0 atom stereocenters. The molecule has 3 aromatic carbocycles. The highest BCUT2D eigenvalue weighted by atomic mass is 16.5. The van der Waals surface area contributed by atoms with Crippen LogP contribution in [-0.2, 0) is 6.61 Å². The van der Waals surface area contributed by atoms with Gasteiger partial charge in [0.25, 0.3) is 0 Å². The molecule has 3 heteroatoms. The third kappa shape index (κ3) is 4.58. The van der Waals surface area contributed by atoms with Gasteiger partial charge in [0.05, 0.1) is 0 Å². The number of hydrogen-bond donors (Lipinski definition) is 1. The van der Waals surface area contributed by atoms with Crippen LogP contribution in [0.2, 0.25) is 0 Å². The minimum Gasteiger partial charge on any atom is -0.489 e.